The Balaban J connectivity index is 3.39. The number of nitrogens with zero attached hydrogens (tertiary/aromatic N) is 1. The van der Waals surface area contributed by atoms with E-state index in [1.54, 1.807) is 0 Å². The van der Waals surface area contributed by atoms with Gasteiger partial charge in [0, 0.05) is 6.08 Å². The highest BCUT2D eigenvalue weighted by Gasteiger charge is 2.37. The molecule has 1 N–H and O–H groups in total. The van der Waals surface area contributed by atoms with Gasteiger partial charge in [0.05, 0.1) is 5.56 Å². The molecule has 10 heteroatoms. The van der Waals surface area contributed by atoms with Crippen molar-refractivity contribution < 1.29 is 40.6 Å². The minimum atomic E-state index is -5.43. The maximum absolute atomic E-state index is 13.0. The van der Waals surface area contributed by atoms with Gasteiger partial charge in [0.25, 0.3) is 17.7 Å². The van der Waals surface area contributed by atoms with Gasteiger partial charge in [-0.2, -0.15) is 26.9 Å². The Morgan fingerprint density at radius 2 is 1.47 bits per heavy atom. The number of aliphatic hydroxyl groups is 1. The van der Waals surface area contributed by atoms with Gasteiger partial charge in [-0.3, -0.25) is 4.79 Å². The molecule has 0 saturated carbocycles. The third kappa shape index (κ3) is 3.01. The van der Waals surface area contributed by atoms with Gasteiger partial charge >= 0.3 is 6.18 Å². The molecule has 1 rings (SSSR count). The molecule has 0 atom stereocenters. The summed E-state index contributed by atoms with van der Waals surface area (Å²) in [5, 5.41) is 8.96. The van der Waals surface area contributed by atoms with E-state index in [1.807, 2.05) is 0 Å². The lowest BCUT2D eigenvalue weighted by Crippen LogP contribution is -2.20. The Bertz CT molecular complexity index is 538. The number of allylic oxidation sites excluding steroid dienone is 1. The van der Waals surface area contributed by atoms with E-state index in [1.165, 1.54) is 0 Å². The molecule has 3 nitrogen and oxygen atoms in total. The number of carbonyl (C=O) groups excluding carboxylic acids is 1. The molecule has 0 aliphatic carbocycles. The number of rotatable bonds is 2. The first kappa shape index (κ1) is 14.9. The first-order chi connectivity index (χ1) is 8.55. The zero-order valence-corrected chi connectivity index (χ0v) is 8.53. The maximum atomic E-state index is 13.0. The second kappa shape index (κ2) is 4.86. The van der Waals surface area contributed by atoms with Crippen LogP contribution in [-0.2, 0) is 4.79 Å². The molecule has 0 amide bonds. The number of carbonyl (C=O) groups is 1. The summed E-state index contributed by atoms with van der Waals surface area (Å²) in [7, 11) is 0. The molecule has 0 fully saturated rings. The Morgan fingerprint density at radius 1 is 1.05 bits per heavy atom. The molecule has 0 spiro atoms. The summed E-state index contributed by atoms with van der Waals surface area (Å²) in [6.45, 7) is 0. The average Bonchev–Trinajstić information content (AvgIpc) is 2.25. The molecule has 0 aliphatic heterocycles. The summed E-state index contributed by atoms with van der Waals surface area (Å²) >= 11 is 0. The molecule has 19 heavy (non-hydrogen) atoms. The third-order valence-corrected chi connectivity index (χ3v) is 1.80. The van der Waals surface area contributed by atoms with Crippen LogP contribution in [0.3, 0.4) is 0 Å². The number of halogens is 7. The van der Waals surface area contributed by atoms with Crippen molar-refractivity contribution >= 4 is 11.5 Å². The molecule has 0 saturated heterocycles. The van der Waals surface area contributed by atoms with Gasteiger partial charge in [-0.25, -0.2) is 8.78 Å². The average molecular weight is 289 g/mol. The summed E-state index contributed by atoms with van der Waals surface area (Å²) < 4.78 is 86.7. The van der Waals surface area contributed by atoms with E-state index in [4.69, 9.17) is 5.11 Å². The number of hydrogen-bond acceptors (Lipinski definition) is 3. The smallest absolute Gasteiger partial charge is 0.454 e. The van der Waals surface area contributed by atoms with Crippen LogP contribution in [0.1, 0.15) is 5.56 Å². The fourth-order valence-corrected chi connectivity index (χ4v) is 0.990. The van der Waals surface area contributed by atoms with Crippen LogP contribution in [0.25, 0.3) is 5.76 Å². The van der Waals surface area contributed by atoms with Gasteiger partial charge < -0.3 is 5.11 Å². The maximum Gasteiger partial charge on any atom is 0.454 e. The first-order valence-corrected chi connectivity index (χ1v) is 4.28. The fraction of sp³-hybridized carbons (Fsp3) is 0.111. The van der Waals surface area contributed by atoms with E-state index in [0.29, 0.717) is 0 Å². The van der Waals surface area contributed by atoms with Gasteiger partial charge in [0.15, 0.2) is 11.6 Å². The second-order valence-corrected chi connectivity index (χ2v) is 3.09. The fourth-order valence-electron chi connectivity index (χ4n) is 0.990. The van der Waals surface area contributed by atoms with Crippen LogP contribution < -0.4 is 0 Å². The highest BCUT2D eigenvalue weighted by Crippen LogP contribution is 2.25. The summed E-state index contributed by atoms with van der Waals surface area (Å²) in [5.41, 5.74) is -1.86. The second-order valence-electron chi connectivity index (χ2n) is 3.09. The van der Waals surface area contributed by atoms with Crippen LogP contribution in [0, 0.1) is 23.5 Å². The molecule has 0 bridgehead atoms. The molecule has 104 valence electrons. The van der Waals surface area contributed by atoms with Gasteiger partial charge in [-0.05, 0) is 0 Å². The lowest BCUT2D eigenvalue weighted by Gasteiger charge is -2.06. The van der Waals surface area contributed by atoms with Crippen LogP contribution in [0.15, 0.2) is 6.08 Å². The quantitative estimate of drug-likeness (QED) is 0.394. The minimum absolute atomic E-state index is 0.611. The van der Waals surface area contributed by atoms with Crippen molar-refractivity contribution in [3.63, 3.8) is 0 Å². The lowest BCUT2D eigenvalue weighted by molar-refractivity contribution is -0.165. The van der Waals surface area contributed by atoms with Crippen molar-refractivity contribution in [3.8, 4) is 0 Å². The van der Waals surface area contributed by atoms with Gasteiger partial charge in [-0.15, -0.1) is 0 Å². The van der Waals surface area contributed by atoms with E-state index >= 15 is 0 Å². The number of hydrogen-bond donors (Lipinski definition) is 1. The van der Waals surface area contributed by atoms with Crippen molar-refractivity contribution in [2.24, 2.45) is 0 Å². The normalized spacial score (nSPS) is 12.7. The largest absolute Gasteiger partial charge is 0.507 e. The lowest BCUT2D eigenvalue weighted by atomic mass is 10.1. The van der Waals surface area contributed by atoms with E-state index in [9.17, 15) is 35.5 Å². The molecule has 0 unspecified atom stereocenters. The zero-order chi connectivity index (χ0) is 15.0. The summed E-state index contributed by atoms with van der Waals surface area (Å²) in [6.07, 6.45) is -6.04. The van der Waals surface area contributed by atoms with Crippen LogP contribution in [0.4, 0.5) is 30.7 Å². The van der Waals surface area contributed by atoms with Crippen molar-refractivity contribution in [2.45, 2.75) is 6.18 Å². The molecule has 0 aromatic carbocycles. The predicted octanol–water partition coefficient (Wildman–Crippen LogP) is 2.67. The minimum Gasteiger partial charge on any atom is -0.507 e. The monoisotopic (exact) mass is 289 g/mol. The summed E-state index contributed by atoms with van der Waals surface area (Å²) in [5.74, 6) is -13.4. The van der Waals surface area contributed by atoms with Crippen molar-refractivity contribution in [3.05, 3.63) is 35.2 Å². The summed E-state index contributed by atoms with van der Waals surface area (Å²) in [4.78, 5) is 12.5. The summed E-state index contributed by atoms with van der Waals surface area (Å²) in [6, 6.07) is 0. The Labute approximate surface area is 99.5 Å². The van der Waals surface area contributed by atoms with Crippen LogP contribution in [0.2, 0.25) is 0 Å². The van der Waals surface area contributed by atoms with E-state index < -0.39 is 52.9 Å². The van der Waals surface area contributed by atoms with Crippen LogP contribution >= 0.6 is 0 Å². The predicted molar refractivity (Wildman–Crippen MR) is 45.7 cm³/mol. The van der Waals surface area contributed by atoms with Crippen LogP contribution in [0.5, 0.6) is 0 Å². The molecule has 1 aromatic heterocycles. The molecular weight excluding hydrogens is 287 g/mol. The molecule has 0 aliphatic rings. The molecular formula is C9H2F7NO2. The van der Waals surface area contributed by atoms with Crippen molar-refractivity contribution in [1.82, 2.24) is 4.98 Å². The SMILES string of the molecule is O=C(/C=C(\O)c1c(F)c(F)nc(F)c1F)C(F)(F)F. The zero-order valence-electron chi connectivity index (χ0n) is 8.53. The Morgan fingerprint density at radius 3 is 1.84 bits per heavy atom. The third-order valence-electron chi connectivity index (χ3n) is 1.80. The Hall–Kier alpha value is -2.13. The molecule has 1 aromatic rings. The van der Waals surface area contributed by atoms with E-state index in [-0.39, 0.29) is 0 Å². The topological polar surface area (TPSA) is 50.2 Å². The number of pyridine rings is 1. The van der Waals surface area contributed by atoms with Gasteiger partial charge in [0.1, 0.15) is 5.76 Å². The number of aliphatic hydroxyl groups excluding tert-OH is 1. The standard InChI is InChI=1S/C9H2F7NO2/c10-5-4(6(11)8(13)17-7(5)12)2(18)1-3(19)9(14,15)16/h1,18H/b2-1-. The van der Waals surface area contributed by atoms with Crippen molar-refractivity contribution in [2.75, 3.05) is 0 Å². The molecule has 1 heterocycles. The highest BCUT2D eigenvalue weighted by atomic mass is 19.4. The van der Waals surface area contributed by atoms with E-state index in [0.717, 1.165) is 0 Å². The molecule has 0 radical (unpaired) electrons. The highest BCUT2D eigenvalue weighted by molar-refractivity contribution is 5.99. The van der Waals surface area contributed by atoms with Crippen molar-refractivity contribution in [1.29, 1.82) is 0 Å². The first-order valence-electron chi connectivity index (χ1n) is 4.28. The van der Waals surface area contributed by atoms with Gasteiger partial charge in [-0.1, -0.05) is 0 Å². The van der Waals surface area contributed by atoms with Crippen LogP contribution in [-0.4, -0.2) is 22.1 Å². The number of alkyl halides is 3. The number of aromatic nitrogens is 1. The van der Waals surface area contributed by atoms with E-state index in [2.05, 4.69) is 4.98 Å². The Kier molecular flexibility index (Phi) is 3.82. The van der Waals surface area contributed by atoms with Gasteiger partial charge in [0.2, 0.25) is 0 Å². The number of ketones is 1.